The standard InChI is InChI=1S/C25H15ClO6/c1-29-21-8-4-5-14-11-22(32-24(14)21)18-13-23(27)31-20-10-9-15(12-17(18)20)30-25(28)16-6-2-3-7-19(16)26/h2-13H,1H3. The third-order valence-corrected chi connectivity index (χ3v) is 5.34. The van der Waals surface area contributed by atoms with E-state index in [-0.39, 0.29) is 11.3 Å². The molecule has 0 N–H and O–H groups in total. The number of benzene rings is 3. The molecule has 2 aromatic heterocycles. The van der Waals surface area contributed by atoms with Gasteiger partial charge in [-0.25, -0.2) is 9.59 Å². The molecule has 5 aromatic rings. The van der Waals surface area contributed by atoms with Crippen LogP contribution < -0.4 is 15.1 Å². The number of hydrogen-bond donors (Lipinski definition) is 0. The van der Waals surface area contributed by atoms with Gasteiger partial charge in [0, 0.05) is 22.4 Å². The van der Waals surface area contributed by atoms with Gasteiger partial charge in [0.2, 0.25) is 0 Å². The monoisotopic (exact) mass is 446 g/mol. The summed E-state index contributed by atoms with van der Waals surface area (Å²) in [6.45, 7) is 0. The average molecular weight is 447 g/mol. The molecule has 0 amide bonds. The van der Waals surface area contributed by atoms with Crippen molar-refractivity contribution >= 4 is 39.5 Å². The molecule has 0 fully saturated rings. The number of hydrogen-bond acceptors (Lipinski definition) is 6. The summed E-state index contributed by atoms with van der Waals surface area (Å²) >= 11 is 6.09. The normalized spacial score (nSPS) is 11.1. The topological polar surface area (TPSA) is 78.9 Å². The fourth-order valence-electron chi connectivity index (χ4n) is 3.53. The highest BCUT2D eigenvalue weighted by Crippen LogP contribution is 2.36. The minimum Gasteiger partial charge on any atom is -0.493 e. The smallest absolute Gasteiger partial charge is 0.345 e. The maximum atomic E-state index is 12.6. The van der Waals surface area contributed by atoms with E-state index < -0.39 is 11.6 Å². The zero-order valence-corrected chi connectivity index (χ0v) is 17.5. The summed E-state index contributed by atoms with van der Waals surface area (Å²) in [7, 11) is 1.56. The van der Waals surface area contributed by atoms with E-state index in [2.05, 4.69) is 0 Å². The molecule has 0 aliphatic heterocycles. The highest BCUT2D eigenvalue weighted by molar-refractivity contribution is 6.33. The van der Waals surface area contributed by atoms with Crippen LogP contribution in [-0.4, -0.2) is 13.1 Å². The van der Waals surface area contributed by atoms with Gasteiger partial charge in [-0.2, -0.15) is 0 Å². The number of carbonyl (C=O) groups is 1. The van der Waals surface area contributed by atoms with Crippen molar-refractivity contribution in [2.24, 2.45) is 0 Å². The summed E-state index contributed by atoms with van der Waals surface area (Å²) in [6, 6.07) is 20.0. The first kappa shape index (κ1) is 19.9. The Labute approximate surface area is 186 Å². The Morgan fingerprint density at radius 1 is 0.938 bits per heavy atom. The van der Waals surface area contributed by atoms with Crippen LogP contribution in [0.4, 0.5) is 0 Å². The Hall–Kier alpha value is -4.03. The van der Waals surface area contributed by atoms with Gasteiger partial charge in [0.25, 0.3) is 0 Å². The second kappa shape index (κ2) is 7.90. The fraction of sp³-hybridized carbons (Fsp3) is 0.0400. The number of methoxy groups -OCH3 is 1. The second-order valence-corrected chi connectivity index (χ2v) is 7.40. The molecule has 0 aliphatic carbocycles. The van der Waals surface area contributed by atoms with Gasteiger partial charge in [0.05, 0.1) is 17.7 Å². The quantitative estimate of drug-likeness (QED) is 0.189. The van der Waals surface area contributed by atoms with Gasteiger partial charge in [-0.1, -0.05) is 35.9 Å². The second-order valence-electron chi connectivity index (χ2n) is 7.00. The van der Waals surface area contributed by atoms with Crippen molar-refractivity contribution in [2.45, 2.75) is 0 Å². The molecule has 0 aliphatic rings. The van der Waals surface area contributed by atoms with Crippen molar-refractivity contribution in [1.82, 2.24) is 0 Å². The van der Waals surface area contributed by atoms with Crippen LogP contribution in [0.1, 0.15) is 10.4 Å². The molecule has 32 heavy (non-hydrogen) atoms. The Kier molecular flexibility index (Phi) is 4.92. The highest BCUT2D eigenvalue weighted by Gasteiger charge is 2.17. The van der Waals surface area contributed by atoms with E-state index in [1.165, 1.54) is 6.07 Å². The zero-order valence-electron chi connectivity index (χ0n) is 16.8. The molecule has 6 nitrogen and oxygen atoms in total. The first-order chi connectivity index (χ1) is 15.5. The first-order valence-corrected chi connectivity index (χ1v) is 10.0. The van der Waals surface area contributed by atoms with Crippen molar-refractivity contribution in [3.05, 3.63) is 93.8 Å². The molecule has 0 bridgehead atoms. The number of halogens is 1. The van der Waals surface area contributed by atoms with E-state index in [4.69, 9.17) is 29.9 Å². The lowest BCUT2D eigenvalue weighted by Gasteiger charge is -2.08. The molecule has 0 saturated heterocycles. The van der Waals surface area contributed by atoms with Crippen LogP contribution in [0.3, 0.4) is 0 Å². The molecule has 5 rings (SSSR count). The lowest BCUT2D eigenvalue weighted by atomic mass is 10.1. The number of fused-ring (bicyclic) bond motifs is 2. The molecule has 7 heteroatoms. The van der Waals surface area contributed by atoms with Crippen molar-refractivity contribution < 1.29 is 23.1 Å². The maximum absolute atomic E-state index is 12.6. The third-order valence-electron chi connectivity index (χ3n) is 5.01. The van der Waals surface area contributed by atoms with Gasteiger partial charge in [0.1, 0.15) is 17.1 Å². The summed E-state index contributed by atoms with van der Waals surface area (Å²) in [5, 5.41) is 1.66. The SMILES string of the molecule is COc1cccc2cc(-c3cc(=O)oc4ccc(OC(=O)c5ccccc5Cl)cc34)oc12. The van der Waals surface area contributed by atoms with Gasteiger partial charge in [0.15, 0.2) is 11.3 Å². The largest absolute Gasteiger partial charge is 0.493 e. The van der Waals surface area contributed by atoms with Gasteiger partial charge >= 0.3 is 11.6 Å². The number of carbonyl (C=O) groups excluding carboxylic acids is 1. The Bertz CT molecular complexity index is 1550. The van der Waals surface area contributed by atoms with E-state index >= 15 is 0 Å². The summed E-state index contributed by atoms with van der Waals surface area (Å²) in [5.41, 5.74) is 1.12. The number of rotatable bonds is 4. The van der Waals surface area contributed by atoms with Gasteiger partial charge in [-0.15, -0.1) is 0 Å². The van der Waals surface area contributed by atoms with E-state index in [1.54, 1.807) is 55.6 Å². The summed E-state index contributed by atoms with van der Waals surface area (Å²) < 4.78 is 22.2. The van der Waals surface area contributed by atoms with E-state index in [0.717, 1.165) is 5.39 Å². The average Bonchev–Trinajstić information content (AvgIpc) is 3.23. The maximum Gasteiger partial charge on any atom is 0.345 e. The Morgan fingerprint density at radius 2 is 1.78 bits per heavy atom. The predicted octanol–water partition coefficient (Wildman–Crippen LogP) is 6.09. The number of furan rings is 1. The van der Waals surface area contributed by atoms with E-state index in [1.807, 2.05) is 18.2 Å². The predicted molar refractivity (Wildman–Crippen MR) is 121 cm³/mol. The van der Waals surface area contributed by atoms with Gasteiger partial charge in [-0.05, 0) is 42.5 Å². The van der Waals surface area contributed by atoms with Crippen LogP contribution in [0.2, 0.25) is 5.02 Å². The van der Waals surface area contributed by atoms with E-state index in [0.29, 0.717) is 38.6 Å². The van der Waals surface area contributed by atoms with E-state index in [9.17, 15) is 9.59 Å². The third kappa shape index (κ3) is 3.50. The number of esters is 1. The number of ether oxygens (including phenoxy) is 2. The van der Waals surface area contributed by atoms with Crippen molar-refractivity contribution in [3.8, 4) is 22.8 Å². The summed E-state index contributed by atoms with van der Waals surface area (Å²) in [4.78, 5) is 24.7. The van der Waals surface area contributed by atoms with Crippen molar-refractivity contribution in [2.75, 3.05) is 7.11 Å². The van der Waals surface area contributed by atoms with Gasteiger partial charge in [-0.3, -0.25) is 0 Å². The van der Waals surface area contributed by atoms with Crippen LogP contribution in [0.25, 0.3) is 33.3 Å². The van der Waals surface area contributed by atoms with Crippen molar-refractivity contribution in [3.63, 3.8) is 0 Å². The summed E-state index contributed by atoms with van der Waals surface area (Å²) in [5.74, 6) is 0.709. The molecule has 0 radical (unpaired) electrons. The Morgan fingerprint density at radius 3 is 2.59 bits per heavy atom. The molecular weight excluding hydrogens is 432 g/mol. The molecule has 3 aromatic carbocycles. The van der Waals surface area contributed by atoms with Gasteiger partial charge < -0.3 is 18.3 Å². The molecule has 0 unspecified atom stereocenters. The first-order valence-electron chi connectivity index (χ1n) is 9.65. The zero-order chi connectivity index (χ0) is 22.2. The number of para-hydroxylation sites is 1. The molecule has 158 valence electrons. The lowest BCUT2D eigenvalue weighted by Crippen LogP contribution is -2.09. The highest BCUT2D eigenvalue weighted by atomic mass is 35.5. The van der Waals surface area contributed by atoms with Crippen LogP contribution in [0, 0.1) is 0 Å². The molecule has 0 atom stereocenters. The minimum atomic E-state index is -0.595. The van der Waals surface area contributed by atoms with Crippen LogP contribution in [0.5, 0.6) is 11.5 Å². The minimum absolute atomic E-state index is 0.249. The van der Waals surface area contributed by atoms with Crippen molar-refractivity contribution in [1.29, 1.82) is 0 Å². The molecule has 2 heterocycles. The van der Waals surface area contributed by atoms with Crippen LogP contribution in [-0.2, 0) is 0 Å². The lowest BCUT2D eigenvalue weighted by molar-refractivity contribution is 0.0735. The molecule has 0 saturated carbocycles. The fourth-order valence-corrected chi connectivity index (χ4v) is 3.74. The summed E-state index contributed by atoms with van der Waals surface area (Å²) in [6.07, 6.45) is 0. The molecule has 0 spiro atoms. The Balaban J connectivity index is 1.61. The van der Waals surface area contributed by atoms with Crippen LogP contribution >= 0.6 is 11.6 Å². The van der Waals surface area contributed by atoms with Crippen LogP contribution in [0.15, 0.2) is 86.4 Å². The molecular formula is C25H15ClO6.